The zero-order chi connectivity index (χ0) is 11.5. The van der Waals surface area contributed by atoms with Crippen LogP contribution >= 0.6 is 0 Å². The second-order valence-electron chi connectivity index (χ2n) is 2.55. The van der Waals surface area contributed by atoms with Gasteiger partial charge >= 0.3 is 5.97 Å². The quantitative estimate of drug-likeness (QED) is 0.156. The van der Waals surface area contributed by atoms with E-state index in [1.54, 1.807) is 6.08 Å². The van der Waals surface area contributed by atoms with Crippen molar-refractivity contribution in [2.24, 2.45) is 10.1 Å². The van der Waals surface area contributed by atoms with Crippen molar-refractivity contribution in [1.29, 1.82) is 0 Å². The summed E-state index contributed by atoms with van der Waals surface area (Å²) < 4.78 is 0. The molecule has 1 unspecified atom stereocenters. The Bertz CT molecular complexity index is 314. The summed E-state index contributed by atoms with van der Waals surface area (Å²) in [6.45, 7) is 3.50. The van der Waals surface area contributed by atoms with Crippen molar-refractivity contribution < 1.29 is 19.2 Å². The smallest absolute Gasteiger partial charge is 0.304 e. The summed E-state index contributed by atoms with van der Waals surface area (Å²) in [5.41, 5.74) is 0. The van der Waals surface area contributed by atoms with E-state index in [4.69, 9.17) is 0 Å². The van der Waals surface area contributed by atoms with Crippen LogP contribution in [0.25, 0.3) is 0 Å². The maximum atomic E-state index is 11.1. The predicted molar refractivity (Wildman–Crippen MR) is 50.2 cm³/mol. The second-order valence-corrected chi connectivity index (χ2v) is 2.55. The molecule has 0 N–H and O–H groups in total. The number of allylic oxidation sites excluding steroid dienone is 1. The first-order valence-electron chi connectivity index (χ1n) is 4.22. The van der Waals surface area contributed by atoms with Crippen LogP contribution in [0, 0.1) is 0 Å². The standard InChI is InChI=1S/C9H10N2O4/c1-2-3-4-5-8(10-6-12)9(14)15-11-7-13/h2,8H,1,3-5H2. The molecule has 0 fully saturated rings. The summed E-state index contributed by atoms with van der Waals surface area (Å²) >= 11 is 0. The third kappa shape index (κ3) is 6.10. The number of carbonyl (C=O) groups excluding carboxylic acids is 3. The number of aliphatic imine (C=N–C) groups is 1. The number of carbonyl (C=O) groups is 1. The molecule has 0 saturated carbocycles. The van der Waals surface area contributed by atoms with Crippen molar-refractivity contribution in [2.75, 3.05) is 0 Å². The molecule has 0 bridgehead atoms. The summed E-state index contributed by atoms with van der Waals surface area (Å²) in [7, 11) is 0. The van der Waals surface area contributed by atoms with Gasteiger partial charge in [0.15, 0.2) is 6.04 Å². The van der Waals surface area contributed by atoms with Crippen LogP contribution in [0.4, 0.5) is 0 Å². The van der Waals surface area contributed by atoms with Crippen molar-refractivity contribution in [3.8, 4) is 0 Å². The third-order valence-electron chi connectivity index (χ3n) is 1.54. The first-order chi connectivity index (χ1) is 7.26. The Kier molecular flexibility index (Phi) is 7.40. The van der Waals surface area contributed by atoms with Gasteiger partial charge in [0.2, 0.25) is 6.08 Å². The van der Waals surface area contributed by atoms with Gasteiger partial charge in [0.05, 0.1) is 0 Å². The molecule has 0 aliphatic carbocycles. The van der Waals surface area contributed by atoms with E-state index in [9.17, 15) is 14.4 Å². The van der Waals surface area contributed by atoms with Gasteiger partial charge in [-0.3, -0.25) is 0 Å². The SMILES string of the molecule is C=CCCCC(N=C=O)C(=O)ON=C=O. The molecule has 0 rings (SSSR count). The van der Waals surface area contributed by atoms with Crippen LogP contribution in [-0.2, 0) is 19.2 Å². The molecule has 0 spiro atoms. The largest absolute Gasteiger partial charge is 0.361 e. The molecule has 0 aromatic rings. The van der Waals surface area contributed by atoms with Gasteiger partial charge in [0.25, 0.3) is 6.08 Å². The first-order valence-corrected chi connectivity index (χ1v) is 4.22. The number of isocyanates is 2. The maximum Gasteiger partial charge on any atom is 0.361 e. The van der Waals surface area contributed by atoms with Gasteiger partial charge in [-0.25, -0.2) is 14.4 Å². The highest BCUT2D eigenvalue weighted by molar-refractivity contribution is 5.76. The highest BCUT2D eigenvalue weighted by atomic mass is 16.7. The fraction of sp³-hybridized carbons (Fsp3) is 0.444. The van der Waals surface area contributed by atoms with Gasteiger partial charge < -0.3 is 4.84 Å². The lowest BCUT2D eigenvalue weighted by atomic mass is 10.1. The number of rotatable bonds is 7. The average Bonchev–Trinajstić information content (AvgIpc) is 2.25. The molecule has 0 aromatic heterocycles. The molecule has 80 valence electrons. The molecular weight excluding hydrogens is 200 g/mol. The van der Waals surface area contributed by atoms with Crippen LogP contribution in [0.5, 0.6) is 0 Å². The van der Waals surface area contributed by atoms with Crippen LogP contribution in [0.2, 0.25) is 0 Å². The van der Waals surface area contributed by atoms with Gasteiger partial charge in [-0.1, -0.05) is 6.08 Å². The second kappa shape index (κ2) is 8.56. The molecule has 0 amide bonds. The van der Waals surface area contributed by atoms with Crippen molar-refractivity contribution >= 4 is 18.1 Å². The molecule has 0 aliphatic rings. The molecule has 15 heavy (non-hydrogen) atoms. The van der Waals surface area contributed by atoms with Crippen LogP contribution in [0.3, 0.4) is 0 Å². The topological polar surface area (TPSA) is 85.2 Å². The van der Waals surface area contributed by atoms with Crippen LogP contribution < -0.4 is 0 Å². The third-order valence-corrected chi connectivity index (χ3v) is 1.54. The lowest BCUT2D eigenvalue weighted by molar-refractivity contribution is -0.145. The lowest BCUT2D eigenvalue weighted by Gasteiger charge is -2.04. The highest BCUT2D eigenvalue weighted by Gasteiger charge is 2.19. The van der Waals surface area contributed by atoms with Crippen molar-refractivity contribution in [2.45, 2.75) is 25.3 Å². The van der Waals surface area contributed by atoms with Gasteiger partial charge in [0, 0.05) is 5.16 Å². The van der Waals surface area contributed by atoms with Gasteiger partial charge in [-0.2, -0.15) is 4.99 Å². The Hall–Kier alpha value is -2.03. The lowest BCUT2D eigenvalue weighted by Crippen LogP contribution is -2.19. The summed E-state index contributed by atoms with van der Waals surface area (Å²) in [5.74, 6) is -0.870. The Morgan fingerprint density at radius 2 is 2.20 bits per heavy atom. The Morgan fingerprint density at radius 1 is 1.47 bits per heavy atom. The van der Waals surface area contributed by atoms with Crippen LogP contribution in [-0.4, -0.2) is 24.2 Å². The Morgan fingerprint density at radius 3 is 2.73 bits per heavy atom. The average molecular weight is 210 g/mol. The number of hydrogen-bond acceptors (Lipinski definition) is 6. The van der Waals surface area contributed by atoms with Gasteiger partial charge in [-0.05, 0) is 19.3 Å². The normalized spacial score (nSPS) is 10.4. The number of unbranched alkanes of at least 4 members (excludes halogenated alkanes) is 1. The number of nitrogens with zero attached hydrogens (tertiary/aromatic N) is 2. The van der Waals surface area contributed by atoms with Gasteiger partial charge in [-0.15, -0.1) is 6.58 Å². The minimum Gasteiger partial charge on any atom is -0.304 e. The summed E-state index contributed by atoms with van der Waals surface area (Å²) in [4.78, 5) is 38.1. The molecule has 6 heteroatoms. The van der Waals surface area contributed by atoms with Crippen molar-refractivity contribution in [3.63, 3.8) is 0 Å². The fourth-order valence-electron chi connectivity index (χ4n) is 0.879. The van der Waals surface area contributed by atoms with E-state index < -0.39 is 12.0 Å². The molecule has 0 aromatic carbocycles. The van der Waals surface area contributed by atoms with Crippen molar-refractivity contribution in [3.05, 3.63) is 12.7 Å². The number of hydrogen-bond donors (Lipinski definition) is 0. The van der Waals surface area contributed by atoms with E-state index in [0.29, 0.717) is 19.3 Å². The molecule has 0 heterocycles. The first kappa shape index (κ1) is 13.0. The van der Waals surface area contributed by atoms with E-state index in [1.165, 1.54) is 6.08 Å². The zero-order valence-electron chi connectivity index (χ0n) is 8.01. The molecule has 0 radical (unpaired) electrons. The fourth-order valence-corrected chi connectivity index (χ4v) is 0.879. The summed E-state index contributed by atoms with van der Waals surface area (Å²) in [5, 5.41) is 2.64. The summed E-state index contributed by atoms with van der Waals surface area (Å²) in [6.07, 6.45) is 5.60. The van der Waals surface area contributed by atoms with E-state index in [-0.39, 0.29) is 0 Å². The van der Waals surface area contributed by atoms with Crippen LogP contribution in [0.15, 0.2) is 22.8 Å². The molecule has 1 atom stereocenters. The van der Waals surface area contributed by atoms with E-state index >= 15 is 0 Å². The van der Waals surface area contributed by atoms with Gasteiger partial charge in [0.1, 0.15) is 0 Å². The minimum absolute atomic E-state index is 0.314. The van der Waals surface area contributed by atoms with E-state index in [1.807, 2.05) is 0 Å². The zero-order valence-corrected chi connectivity index (χ0v) is 8.01. The van der Waals surface area contributed by atoms with Crippen molar-refractivity contribution in [1.82, 2.24) is 0 Å². The predicted octanol–water partition coefficient (Wildman–Crippen LogP) is 0.841. The minimum atomic E-state index is -0.973. The molecular formula is C9H10N2O4. The molecule has 0 saturated heterocycles. The monoisotopic (exact) mass is 210 g/mol. The maximum absolute atomic E-state index is 11.1. The van der Waals surface area contributed by atoms with E-state index in [2.05, 4.69) is 21.6 Å². The highest BCUT2D eigenvalue weighted by Crippen LogP contribution is 2.06. The Labute approximate surface area is 86.3 Å². The Balaban J connectivity index is 4.23. The van der Waals surface area contributed by atoms with E-state index in [0.717, 1.165) is 6.08 Å². The summed E-state index contributed by atoms with van der Waals surface area (Å²) in [6, 6.07) is -0.973. The molecule has 6 nitrogen and oxygen atoms in total. The van der Waals surface area contributed by atoms with Crippen LogP contribution in [0.1, 0.15) is 19.3 Å². The molecule has 0 aliphatic heterocycles.